The van der Waals surface area contributed by atoms with Crippen molar-refractivity contribution in [3.8, 4) is 11.4 Å². The summed E-state index contributed by atoms with van der Waals surface area (Å²) in [4.78, 5) is 8.37. The third-order valence-corrected chi connectivity index (χ3v) is 3.16. The van der Waals surface area contributed by atoms with Crippen LogP contribution in [-0.4, -0.2) is 19.7 Å². The Morgan fingerprint density at radius 2 is 2.25 bits per heavy atom. The molecule has 3 rings (SSSR count). The van der Waals surface area contributed by atoms with Gasteiger partial charge in [0.25, 0.3) is 0 Å². The van der Waals surface area contributed by atoms with Crippen LogP contribution in [0.3, 0.4) is 0 Å². The van der Waals surface area contributed by atoms with E-state index in [1.54, 1.807) is 12.3 Å². The van der Waals surface area contributed by atoms with Crippen molar-refractivity contribution < 1.29 is 8.91 Å². The van der Waals surface area contributed by atoms with E-state index in [9.17, 15) is 4.39 Å². The Morgan fingerprint density at radius 1 is 1.40 bits per heavy atom. The fourth-order valence-electron chi connectivity index (χ4n) is 1.79. The minimum absolute atomic E-state index is 0.0271. The second kappa shape index (κ2) is 5.05. The van der Waals surface area contributed by atoms with E-state index in [-0.39, 0.29) is 5.02 Å². The van der Waals surface area contributed by atoms with E-state index in [1.807, 2.05) is 17.7 Å². The topological polar surface area (TPSA) is 56.7 Å². The third kappa shape index (κ3) is 2.42. The molecule has 2 heterocycles. The molecule has 0 saturated heterocycles. The zero-order valence-corrected chi connectivity index (χ0v) is 11.3. The molecule has 0 saturated carbocycles. The van der Waals surface area contributed by atoms with Gasteiger partial charge in [-0.15, -0.1) is 0 Å². The molecule has 0 amide bonds. The monoisotopic (exact) mass is 292 g/mol. The second-order valence-electron chi connectivity index (χ2n) is 4.24. The number of aryl methyl sites for hydroxylation is 1. The number of rotatable bonds is 3. The van der Waals surface area contributed by atoms with Crippen LogP contribution in [-0.2, 0) is 6.54 Å². The molecule has 0 aliphatic rings. The van der Waals surface area contributed by atoms with Crippen LogP contribution in [0.1, 0.15) is 11.7 Å². The molecule has 0 radical (unpaired) electrons. The highest BCUT2D eigenvalue weighted by molar-refractivity contribution is 6.31. The first kappa shape index (κ1) is 12.8. The van der Waals surface area contributed by atoms with Crippen molar-refractivity contribution in [1.29, 1.82) is 0 Å². The van der Waals surface area contributed by atoms with E-state index in [0.717, 1.165) is 5.82 Å². The molecule has 0 atom stereocenters. The number of halogens is 2. The average Bonchev–Trinajstić information content (AvgIpc) is 3.04. The molecule has 0 aliphatic heterocycles. The average molecular weight is 293 g/mol. The molecule has 3 aromatic rings. The molecule has 5 nitrogen and oxygen atoms in total. The Bertz CT molecular complexity index is 752. The number of imidazole rings is 1. The van der Waals surface area contributed by atoms with Gasteiger partial charge in [0.1, 0.15) is 18.2 Å². The first-order valence-corrected chi connectivity index (χ1v) is 6.27. The van der Waals surface area contributed by atoms with Gasteiger partial charge in [-0.05, 0) is 25.1 Å². The fourth-order valence-corrected chi connectivity index (χ4v) is 1.97. The third-order valence-electron chi connectivity index (χ3n) is 2.88. The molecular weight excluding hydrogens is 283 g/mol. The number of hydrogen-bond donors (Lipinski definition) is 0. The van der Waals surface area contributed by atoms with Gasteiger partial charge in [-0.1, -0.05) is 16.8 Å². The highest BCUT2D eigenvalue weighted by atomic mass is 35.5. The lowest BCUT2D eigenvalue weighted by Gasteiger charge is -1.99. The zero-order valence-electron chi connectivity index (χ0n) is 10.5. The summed E-state index contributed by atoms with van der Waals surface area (Å²) >= 11 is 5.73. The van der Waals surface area contributed by atoms with Gasteiger partial charge in [-0.25, -0.2) is 9.37 Å². The lowest BCUT2D eigenvalue weighted by atomic mass is 10.2. The second-order valence-corrected chi connectivity index (χ2v) is 4.65. The maximum atomic E-state index is 13.1. The van der Waals surface area contributed by atoms with Crippen LogP contribution >= 0.6 is 11.6 Å². The van der Waals surface area contributed by atoms with E-state index in [2.05, 4.69) is 15.1 Å². The van der Waals surface area contributed by atoms with Gasteiger partial charge in [-0.3, -0.25) is 0 Å². The quantitative estimate of drug-likeness (QED) is 0.744. The Labute approximate surface area is 119 Å². The van der Waals surface area contributed by atoms with Gasteiger partial charge < -0.3 is 9.09 Å². The highest BCUT2D eigenvalue weighted by Gasteiger charge is 2.11. The van der Waals surface area contributed by atoms with Crippen LogP contribution in [0.15, 0.2) is 35.1 Å². The summed E-state index contributed by atoms with van der Waals surface area (Å²) in [5.74, 6) is 1.20. The Balaban J connectivity index is 1.86. The molecule has 102 valence electrons. The number of nitrogens with zero attached hydrogens (tertiary/aromatic N) is 4. The van der Waals surface area contributed by atoms with E-state index in [0.29, 0.717) is 23.8 Å². The smallest absolute Gasteiger partial charge is 0.246 e. The largest absolute Gasteiger partial charge is 0.337 e. The predicted octanol–water partition coefficient (Wildman–Crippen LogP) is 3.08. The van der Waals surface area contributed by atoms with Gasteiger partial charge in [-0.2, -0.15) is 4.98 Å². The number of aromatic nitrogens is 4. The van der Waals surface area contributed by atoms with Gasteiger partial charge in [0, 0.05) is 18.0 Å². The Hall–Kier alpha value is -2.21. The van der Waals surface area contributed by atoms with Crippen molar-refractivity contribution in [2.75, 3.05) is 0 Å². The zero-order chi connectivity index (χ0) is 14.1. The summed E-state index contributed by atoms with van der Waals surface area (Å²) in [6, 6.07) is 4.29. The molecule has 0 unspecified atom stereocenters. The minimum atomic E-state index is -0.479. The van der Waals surface area contributed by atoms with Crippen LogP contribution in [0.4, 0.5) is 4.39 Å². The predicted molar refractivity (Wildman–Crippen MR) is 70.8 cm³/mol. The molecule has 0 bridgehead atoms. The molecule has 7 heteroatoms. The highest BCUT2D eigenvalue weighted by Crippen LogP contribution is 2.22. The van der Waals surface area contributed by atoms with Gasteiger partial charge in [0.15, 0.2) is 0 Å². The van der Waals surface area contributed by atoms with Crippen molar-refractivity contribution >= 4 is 11.6 Å². The van der Waals surface area contributed by atoms with Crippen LogP contribution < -0.4 is 0 Å². The minimum Gasteiger partial charge on any atom is -0.337 e. The van der Waals surface area contributed by atoms with E-state index in [4.69, 9.17) is 16.1 Å². The Morgan fingerprint density at radius 3 is 2.95 bits per heavy atom. The summed E-state index contributed by atoms with van der Waals surface area (Å²) < 4.78 is 20.2. The normalized spacial score (nSPS) is 10.9. The van der Waals surface area contributed by atoms with Gasteiger partial charge in [0.05, 0.1) is 5.02 Å². The molecule has 0 fully saturated rings. The van der Waals surface area contributed by atoms with Crippen LogP contribution in [0.25, 0.3) is 11.4 Å². The van der Waals surface area contributed by atoms with Gasteiger partial charge in [0.2, 0.25) is 11.7 Å². The Kier molecular flexibility index (Phi) is 3.23. The maximum Gasteiger partial charge on any atom is 0.246 e. The first-order valence-electron chi connectivity index (χ1n) is 5.89. The molecule has 20 heavy (non-hydrogen) atoms. The standard InChI is InChI=1S/C13H10ClFN4O/c1-8-16-4-5-19(8)7-12-17-13(18-20-12)9-2-3-11(15)10(14)6-9/h2-6H,7H2,1H3. The van der Waals surface area contributed by atoms with Crippen molar-refractivity contribution in [2.45, 2.75) is 13.5 Å². The van der Waals surface area contributed by atoms with Crippen LogP contribution in [0.2, 0.25) is 5.02 Å². The molecule has 0 spiro atoms. The van der Waals surface area contributed by atoms with E-state index >= 15 is 0 Å². The summed E-state index contributed by atoms with van der Waals surface area (Å²) in [7, 11) is 0. The lowest BCUT2D eigenvalue weighted by molar-refractivity contribution is 0.370. The summed E-state index contributed by atoms with van der Waals surface area (Å²) in [5.41, 5.74) is 0.605. The number of benzene rings is 1. The van der Waals surface area contributed by atoms with E-state index < -0.39 is 5.82 Å². The lowest BCUT2D eigenvalue weighted by Crippen LogP contribution is -2.00. The summed E-state index contributed by atoms with van der Waals surface area (Å²) in [5, 5.41) is 3.89. The van der Waals surface area contributed by atoms with Crippen molar-refractivity contribution in [1.82, 2.24) is 19.7 Å². The van der Waals surface area contributed by atoms with E-state index in [1.165, 1.54) is 12.1 Å². The molecular formula is C13H10ClFN4O. The van der Waals surface area contributed by atoms with Crippen LogP contribution in [0.5, 0.6) is 0 Å². The summed E-state index contributed by atoms with van der Waals surface area (Å²) in [6.07, 6.45) is 3.53. The van der Waals surface area contributed by atoms with Crippen molar-refractivity contribution in [3.63, 3.8) is 0 Å². The number of hydrogen-bond acceptors (Lipinski definition) is 4. The molecule has 0 aliphatic carbocycles. The molecule has 0 N–H and O–H groups in total. The fraction of sp³-hybridized carbons (Fsp3) is 0.154. The van der Waals surface area contributed by atoms with Crippen molar-refractivity contribution in [3.05, 3.63) is 53.1 Å². The first-order chi connectivity index (χ1) is 9.63. The van der Waals surface area contributed by atoms with Crippen LogP contribution in [0, 0.1) is 12.7 Å². The SMILES string of the molecule is Cc1nccn1Cc1nc(-c2ccc(F)c(Cl)c2)no1. The molecule has 2 aromatic heterocycles. The van der Waals surface area contributed by atoms with Gasteiger partial charge >= 0.3 is 0 Å². The maximum absolute atomic E-state index is 13.1. The summed E-state index contributed by atoms with van der Waals surface area (Å²) in [6.45, 7) is 2.32. The molecule has 1 aromatic carbocycles. The van der Waals surface area contributed by atoms with Crippen molar-refractivity contribution in [2.24, 2.45) is 0 Å².